The number of amides is 1. The smallest absolute Gasteiger partial charge is 0.253 e. The Morgan fingerprint density at radius 1 is 1.11 bits per heavy atom. The van der Waals surface area contributed by atoms with Crippen LogP contribution in [-0.2, 0) is 0 Å². The van der Waals surface area contributed by atoms with Crippen molar-refractivity contribution in [3.05, 3.63) is 29.8 Å². The lowest BCUT2D eigenvalue weighted by Gasteiger charge is -2.17. The Hall–Kier alpha value is -1.84. The second-order valence-corrected chi connectivity index (χ2v) is 5.25. The van der Waals surface area contributed by atoms with Gasteiger partial charge in [0.2, 0.25) is 0 Å². The fraction of sp³-hybridized carbons (Fsp3) is 0.467. The molecule has 0 N–H and O–H groups in total. The number of anilines is 1. The molecule has 1 aromatic rings. The van der Waals surface area contributed by atoms with E-state index in [1.165, 1.54) is 0 Å². The lowest BCUT2D eigenvalue weighted by Crippen LogP contribution is -2.27. The van der Waals surface area contributed by atoms with E-state index in [-0.39, 0.29) is 5.91 Å². The number of benzene rings is 1. The van der Waals surface area contributed by atoms with Crippen molar-refractivity contribution in [3.63, 3.8) is 0 Å². The summed E-state index contributed by atoms with van der Waals surface area (Å²) in [7, 11) is 0. The molecule has 100 valence electrons. The van der Waals surface area contributed by atoms with Gasteiger partial charge in [-0.25, -0.2) is 0 Å². The number of rotatable bonds is 2. The molecule has 0 unspecified atom stereocenters. The normalized spacial score (nSPS) is 18.9. The fourth-order valence-electron chi connectivity index (χ4n) is 2.64. The number of likely N-dealkylation sites (tertiary alicyclic amines) is 1. The molecule has 19 heavy (non-hydrogen) atoms. The Morgan fingerprint density at radius 2 is 1.79 bits per heavy atom. The minimum Gasteiger partial charge on any atom is -0.339 e. The molecule has 0 aromatic heterocycles. The molecule has 1 fully saturated rings. The van der Waals surface area contributed by atoms with Crippen molar-refractivity contribution in [2.45, 2.75) is 26.2 Å². The minimum absolute atomic E-state index is 0.158. The van der Waals surface area contributed by atoms with Crippen LogP contribution in [0.1, 0.15) is 36.5 Å². The van der Waals surface area contributed by atoms with E-state index in [4.69, 9.17) is 0 Å². The summed E-state index contributed by atoms with van der Waals surface area (Å²) in [5.41, 5.74) is 3.01. The third-order valence-electron chi connectivity index (χ3n) is 3.78. The van der Waals surface area contributed by atoms with Crippen molar-refractivity contribution in [1.29, 1.82) is 0 Å². The van der Waals surface area contributed by atoms with Crippen LogP contribution in [0.3, 0.4) is 0 Å². The summed E-state index contributed by atoms with van der Waals surface area (Å²) in [4.78, 5) is 14.2. The van der Waals surface area contributed by atoms with Gasteiger partial charge in [0.15, 0.2) is 0 Å². The van der Waals surface area contributed by atoms with Crippen LogP contribution in [0.15, 0.2) is 29.4 Å². The lowest BCUT2D eigenvalue weighted by molar-refractivity contribution is 0.0793. The molecule has 0 saturated carbocycles. The van der Waals surface area contributed by atoms with Gasteiger partial charge in [0.25, 0.3) is 5.91 Å². The average Bonchev–Trinajstić information content (AvgIpc) is 3.09. The third kappa shape index (κ3) is 2.48. The first-order valence-corrected chi connectivity index (χ1v) is 6.95. The average molecular weight is 257 g/mol. The van der Waals surface area contributed by atoms with Gasteiger partial charge >= 0.3 is 0 Å². The zero-order chi connectivity index (χ0) is 13.2. The molecule has 1 saturated heterocycles. The van der Waals surface area contributed by atoms with Gasteiger partial charge in [-0.15, -0.1) is 0 Å². The predicted octanol–water partition coefficient (Wildman–Crippen LogP) is 2.51. The fourth-order valence-corrected chi connectivity index (χ4v) is 2.64. The van der Waals surface area contributed by atoms with Crippen molar-refractivity contribution < 1.29 is 4.79 Å². The van der Waals surface area contributed by atoms with Crippen LogP contribution < -0.4 is 5.01 Å². The van der Waals surface area contributed by atoms with Crippen molar-refractivity contribution in [2.24, 2.45) is 5.10 Å². The van der Waals surface area contributed by atoms with Gasteiger partial charge < -0.3 is 4.90 Å². The van der Waals surface area contributed by atoms with E-state index in [0.717, 1.165) is 55.9 Å². The van der Waals surface area contributed by atoms with Gasteiger partial charge in [0.05, 0.1) is 5.69 Å². The number of hydrazone groups is 1. The van der Waals surface area contributed by atoms with Crippen LogP contribution in [0.5, 0.6) is 0 Å². The molecular weight excluding hydrogens is 238 g/mol. The Balaban J connectivity index is 1.73. The second-order valence-electron chi connectivity index (χ2n) is 5.25. The molecule has 1 aromatic carbocycles. The van der Waals surface area contributed by atoms with E-state index in [0.29, 0.717) is 0 Å². The molecule has 0 aliphatic carbocycles. The highest BCUT2D eigenvalue weighted by molar-refractivity contribution is 5.94. The number of nitrogens with zero attached hydrogens (tertiary/aromatic N) is 3. The predicted molar refractivity (Wildman–Crippen MR) is 76.7 cm³/mol. The Kier molecular flexibility index (Phi) is 3.23. The largest absolute Gasteiger partial charge is 0.339 e. The van der Waals surface area contributed by atoms with E-state index >= 15 is 0 Å². The highest BCUT2D eigenvalue weighted by Gasteiger charge is 2.20. The molecule has 2 aliphatic heterocycles. The molecule has 0 spiro atoms. The first-order chi connectivity index (χ1) is 9.24. The highest BCUT2D eigenvalue weighted by atomic mass is 16.2. The van der Waals surface area contributed by atoms with Gasteiger partial charge in [-0.2, -0.15) is 5.10 Å². The molecule has 2 aliphatic rings. The maximum absolute atomic E-state index is 12.2. The Labute approximate surface area is 113 Å². The summed E-state index contributed by atoms with van der Waals surface area (Å²) in [6.45, 7) is 4.78. The number of carbonyl (C=O) groups is 1. The first kappa shape index (κ1) is 12.2. The van der Waals surface area contributed by atoms with Gasteiger partial charge in [-0.3, -0.25) is 9.80 Å². The Bertz CT molecular complexity index is 501. The zero-order valence-electron chi connectivity index (χ0n) is 11.3. The first-order valence-electron chi connectivity index (χ1n) is 6.95. The molecule has 1 amide bonds. The van der Waals surface area contributed by atoms with Crippen LogP contribution >= 0.6 is 0 Å². The number of carbonyl (C=O) groups excluding carboxylic acids is 1. The van der Waals surface area contributed by atoms with Gasteiger partial charge in [0, 0.05) is 37.3 Å². The van der Waals surface area contributed by atoms with Crippen LogP contribution in [-0.4, -0.2) is 36.2 Å². The van der Waals surface area contributed by atoms with E-state index < -0.39 is 0 Å². The van der Waals surface area contributed by atoms with Crippen molar-refractivity contribution in [1.82, 2.24) is 4.90 Å². The van der Waals surface area contributed by atoms with Crippen LogP contribution in [0.25, 0.3) is 0 Å². The summed E-state index contributed by atoms with van der Waals surface area (Å²) in [6.07, 6.45) is 3.28. The SMILES string of the molecule is CC1=NN(c2ccc(C(=O)N3CCCC3)cc2)CC1. The van der Waals surface area contributed by atoms with Crippen molar-refractivity contribution in [2.75, 3.05) is 24.6 Å². The molecule has 0 atom stereocenters. The standard InChI is InChI=1S/C15H19N3O/c1-12-8-11-18(16-12)14-6-4-13(5-7-14)15(19)17-9-2-3-10-17/h4-7H,2-3,8-11H2,1H3. The van der Waals surface area contributed by atoms with Crippen molar-refractivity contribution >= 4 is 17.3 Å². The summed E-state index contributed by atoms with van der Waals surface area (Å²) in [5, 5.41) is 6.46. The molecule has 4 heteroatoms. The monoisotopic (exact) mass is 257 g/mol. The summed E-state index contributed by atoms with van der Waals surface area (Å²) >= 11 is 0. The van der Waals surface area contributed by atoms with Crippen LogP contribution in [0.4, 0.5) is 5.69 Å². The maximum Gasteiger partial charge on any atom is 0.253 e. The lowest BCUT2D eigenvalue weighted by atomic mass is 10.2. The van der Waals surface area contributed by atoms with Crippen LogP contribution in [0.2, 0.25) is 0 Å². The Morgan fingerprint density at radius 3 is 2.37 bits per heavy atom. The highest BCUT2D eigenvalue weighted by Crippen LogP contribution is 2.21. The minimum atomic E-state index is 0.158. The molecule has 0 radical (unpaired) electrons. The topological polar surface area (TPSA) is 35.9 Å². The third-order valence-corrected chi connectivity index (χ3v) is 3.78. The van der Waals surface area contributed by atoms with E-state index in [1.807, 2.05) is 41.1 Å². The van der Waals surface area contributed by atoms with Gasteiger partial charge in [-0.1, -0.05) is 0 Å². The van der Waals surface area contributed by atoms with Gasteiger partial charge in [-0.05, 0) is 44.0 Å². The zero-order valence-corrected chi connectivity index (χ0v) is 11.3. The van der Waals surface area contributed by atoms with Crippen LogP contribution in [0, 0.1) is 0 Å². The second kappa shape index (κ2) is 5.03. The summed E-state index contributed by atoms with van der Waals surface area (Å²) in [5.74, 6) is 0.158. The maximum atomic E-state index is 12.2. The van der Waals surface area contributed by atoms with E-state index in [2.05, 4.69) is 5.10 Å². The summed E-state index contributed by atoms with van der Waals surface area (Å²) in [6, 6.07) is 7.81. The van der Waals surface area contributed by atoms with E-state index in [1.54, 1.807) is 0 Å². The molecule has 3 rings (SSSR count). The van der Waals surface area contributed by atoms with Crippen molar-refractivity contribution in [3.8, 4) is 0 Å². The molecular formula is C15H19N3O. The summed E-state index contributed by atoms with van der Waals surface area (Å²) < 4.78 is 0. The number of hydrogen-bond acceptors (Lipinski definition) is 3. The van der Waals surface area contributed by atoms with Gasteiger partial charge in [0.1, 0.15) is 0 Å². The molecule has 0 bridgehead atoms. The molecule has 4 nitrogen and oxygen atoms in total. The molecule has 2 heterocycles. The quantitative estimate of drug-likeness (QED) is 0.816. The number of hydrogen-bond donors (Lipinski definition) is 0. The van der Waals surface area contributed by atoms with E-state index in [9.17, 15) is 4.79 Å².